The Balaban J connectivity index is 1.45. The van der Waals surface area contributed by atoms with Crippen molar-refractivity contribution >= 4 is 16.0 Å². The number of hydrogen-bond donors (Lipinski definition) is 0. The van der Waals surface area contributed by atoms with E-state index in [4.69, 9.17) is 18.4 Å². The van der Waals surface area contributed by atoms with Gasteiger partial charge in [0.15, 0.2) is 0 Å². The average Bonchev–Trinajstić information content (AvgIpc) is 2.86. The number of amides is 1. The summed E-state index contributed by atoms with van der Waals surface area (Å²) in [6.07, 6.45) is -0.361. The normalized spacial score (nSPS) is 16.1. The summed E-state index contributed by atoms with van der Waals surface area (Å²) in [5, 5.41) is 0. The van der Waals surface area contributed by atoms with Crippen molar-refractivity contribution in [3.05, 3.63) is 83.4 Å². The Labute approximate surface area is 205 Å². The Bertz CT molecular complexity index is 1290. The number of morpholine rings is 1. The summed E-state index contributed by atoms with van der Waals surface area (Å²) in [6, 6.07) is 18.6. The maximum Gasteiger partial charge on any atom is 0.339 e. The molecule has 8 nitrogen and oxygen atoms in total. The topological polar surface area (TPSA) is 91.4 Å². The maximum absolute atomic E-state index is 12.5. The molecule has 0 spiro atoms. The lowest BCUT2D eigenvalue weighted by Gasteiger charge is -2.33. The number of rotatable bonds is 8. The molecule has 0 aliphatic carbocycles. The molecule has 1 aliphatic rings. The van der Waals surface area contributed by atoms with Gasteiger partial charge in [-0.05, 0) is 48.9 Å². The number of nitrogens with zero attached hydrogens (tertiary/aromatic N) is 1. The lowest BCUT2D eigenvalue weighted by atomic mass is 10.1. The molecule has 1 amide bonds. The molecule has 184 valence electrons. The molecule has 1 aliphatic heterocycles. The zero-order chi connectivity index (χ0) is 25.0. The Morgan fingerprint density at radius 2 is 1.63 bits per heavy atom. The smallest absolute Gasteiger partial charge is 0.339 e. The van der Waals surface area contributed by atoms with E-state index in [9.17, 15) is 13.2 Å². The standard InChI is InChI=1S/C26H27NO7S/c1-18-4-12-23(13-5-18)35(29,30)34-21-9-6-19(7-10-21)25-16-27(26(28)17-33-25)15-20-8-11-22(31-2)14-24(20)32-3/h4-14,25H,15-17H2,1-3H3/t25-/m1/s1. The lowest BCUT2D eigenvalue weighted by molar-refractivity contribution is -0.150. The van der Waals surface area contributed by atoms with Gasteiger partial charge in [-0.2, -0.15) is 8.42 Å². The molecule has 0 N–H and O–H groups in total. The van der Waals surface area contributed by atoms with Gasteiger partial charge in [0.1, 0.15) is 34.9 Å². The van der Waals surface area contributed by atoms with E-state index in [1.54, 1.807) is 61.6 Å². The molecule has 1 heterocycles. The molecule has 35 heavy (non-hydrogen) atoms. The fourth-order valence-corrected chi connectivity index (χ4v) is 4.71. The van der Waals surface area contributed by atoms with Gasteiger partial charge in [0.2, 0.25) is 5.91 Å². The molecule has 9 heteroatoms. The van der Waals surface area contributed by atoms with Crippen molar-refractivity contribution in [3.63, 3.8) is 0 Å². The minimum atomic E-state index is -3.94. The first-order valence-electron chi connectivity index (χ1n) is 11.0. The first kappa shape index (κ1) is 24.6. The molecular weight excluding hydrogens is 470 g/mol. The summed E-state index contributed by atoms with van der Waals surface area (Å²) in [6.45, 7) is 2.53. The third kappa shape index (κ3) is 5.75. The molecule has 1 saturated heterocycles. The summed E-state index contributed by atoms with van der Waals surface area (Å²) >= 11 is 0. The Kier molecular flexibility index (Phi) is 7.28. The molecule has 0 unspecified atom stereocenters. The Morgan fingerprint density at radius 1 is 0.943 bits per heavy atom. The highest BCUT2D eigenvalue weighted by Gasteiger charge is 2.28. The molecule has 0 aromatic heterocycles. The fraction of sp³-hybridized carbons (Fsp3) is 0.269. The number of aryl methyl sites for hydroxylation is 1. The first-order chi connectivity index (χ1) is 16.8. The fourth-order valence-electron chi connectivity index (χ4n) is 3.78. The van der Waals surface area contributed by atoms with Crippen LogP contribution in [0.5, 0.6) is 17.2 Å². The second kappa shape index (κ2) is 10.4. The van der Waals surface area contributed by atoms with Gasteiger partial charge in [-0.15, -0.1) is 0 Å². The second-order valence-corrected chi connectivity index (χ2v) is 9.72. The predicted molar refractivity (Wildman–Crippen MR) is 129 cm³/mol. The van der Waals surface area contributed by atoms with Crippen molar-refractivity contribution < 1.29 is 31.6 Å². The first-order valence-corrected chi connectivity index (χ1v) is 12.4. The summed E-state index contributed by atoms with van der Waals surface area (Å²) in [7, 11) is -0.779. The lowest BCUT2D eigenvalue weighted by Crippen LogP contribution is -2.42. The van der Waals surface area contributed by atoms with Crippen molar-refractivity contribution in [1.82, 2.24) is 4.90 Å². The van der Waals surface area contributed by atoms with Gasteiger partial charge in [-0.3, -0.25) is 4.79 Å². The van der Waals surface area contributed by atoms with Gasteiger partial charge >= 0.3 is 10.1 Å². The van der Waals surface area contributed by atoms with Crippen LogP contribution in [0, 0.1) is 6.92 Å². The van der Waals surface area contributed by atoms with Crippen LogP contribution in [-0.2, 0) is 26.2 Å². The quantitative estimate of drug-likeness (QED) is 0.436. The van der Waals surface area contributed by atoms with E-state index in [1.165, 1.54) is 12.1 Å². The largest absolute Gasteiger partial charge is 0.497 e. The monoisotopic (exact) mass is 497 g/mol. The zero-order valence-electron chi connectivity index (χ0n) is 19.8. The highest BCUT2D eigenvalue weighted by molar-refractivity contribution is 7.87. The third-order valence-corrected chi connectivity index (χ3v) is 7.03. The van der Waals surface area contributed by atoms with E-state index in [-0.39, 0.29) is 29.3 Å². The van der Waals surface area contributed by atoms with Crippen LogP contribution in [0.3, 0.4) is 0 Å². The Hall–Kier alpha value is -3.56. The average molecular weight is 498 g/mol. The summed E-state index contributed by atoms with van der Waals surface area (Å²) < 4.78 is 46.8. The number of carbonyl (C=O) groups is 1. The number of carbonyl (C=O) groups excluding carboxylic acids is 1. The SMILES string of the molecule is COc1ccc(CN2C[C@H](c3ccc(OS(=O)(=O)c4ccc(C)cc4)cc3)OCC2=O)c(OC)c1. The van der Waals surface area contributed by atoms with Crippen molar-refractivity contribution in [2.24, 2.45) is 0 Å². The highest BCUT2D eigenvalue weighted by atomic mass is 32.2. The van der Waals surface area contributed by atoms with E-state index in [1.807, 2.05) is 19.1 Å². The van der Waals surface area contributed by atoms with Crippen molar-refractivity contribution in [2.45, 2.75) is 24.5 Å². The Morgan fingerprint density at radius 3 is 2.29 bits per heavy atom. The van der Waals surface area contributed by atoms with Crippen molar-refractivity contribution in [3.8, 4) is 17.2 Å². The minimum Gasteiger partial charge on any atom is -0.497 e. The molecule has 0 bridgehead atoms. The molecule has 3 aromatic rings. The molecule has 1 fully saturated rings. The van der Waals surface area contributed by atoms with Gasteiger partial charge in [0.05, 0.1) is 20.8 Å². The molecule has 1 atom stereocenters. The number of benzene rings is 3. The van der Waals surface area contributed by atoms with Crippen LogP contribution < -0.4 is 13.7 Å². The van der Waals surface area contributed by atoms with E-state index >= 15 is 0 Å². The molecule has 3 aromatic carbocycles. The van der Waals surface area contributed by atoms with Crippen LogP contribution >= 0.6 is 0 Å². The van der Waals surface area contributed by atoms with Gasteiger partial charge in [0, 0.05) is 18.2 Å². The molecule has 4 rings (SSSR count). The third-order valence-electron chi connectivity index (χ3n) is 5.77. The maximum atomic E-state index is 12.5. The summed E-state index contributed by atoms with van der Waals surface area (Å²) in [4.78, 5) is 14.3. The van der Waals surface area contributed by atoms with E-state index in [2.05, 4.69) is 0 Å². The number of ether oxygens (including phenoxy) is 3. The van der Waals surface area contributed by atoms with Gasteiger partial charge < -0.3 is 23.3 Å². The molecule has 0 radical (unpaired) electrons. The second-order valence-electron chi connectivity index (χ2n) is 8.17. The van der Waals surface area contributed by atoms with Gasteiger partial charge in [-0.25, -0.2) is 0 Å². The predicted octanol–water partition coefficient (Wildman–Crippen LogP) is 3.88. The van der Waals surface area contributed by atoms with E-state index in [0.717, 1.165) is 16.7 Å². The number of methoxy groups -OCH3 is 2. The van der Waals surface area contributed by atoms with Crippen LogP contribution in [-0.4, -0.2) is 46.6 Å². The summed E-state index contributed by atoms with van der Waals surface area (Å²) in [5.74, 6) is 1.38. The van der Waals surface area contributed by atoms with Crippen LogP contribution in [0.25, 0.3) is 0 Å². The number of hydrogen-bond acceptors (Lipinski definition) is 7. The van der Waals surface area contributed by atoms with Crippen LogP contribution in [0.15, 0.2) is 71.6 Å². The van der Waals surface area contributed by atoms with Crippen LogP contribution in [0.2, 0.25) is 0 Å². The van der Waals surface area contributed by atoms with E-state index in [0.29, 0.717) is 24.6 Å². The molecule has 0 saturated carbocycles. The van der Waals surface area contributed by atoms with Crippen LogP contribution in [0.4, 0.5) is 0 Å². The van der Waals surface area contributed by atoms with Gasteiger partial charge in [-0.1, -0.05) is 29.8 Å². The highest BCUT2D eigenvalue weighted by Crippen LogP contribution is 2.30. The summed E-state index contributed by atoms with van der Waals surface area (Å²) in [5.41, 5.74) is 2.62. The van der Waals surface area contributed by atoms with Crippen LogP contribution in [0.1, 0.15) is 22.8 Å². The van der Waals surface area contributed by atoms with Gasteiger partial charge in [0.25, 0.3) is 0 Å². The molecular formula is C26H27NO7S. The van der Waals surface area contributed by atoms with E-state index < -0.39 is 10.1 Å². The van der Waals surface area contributed by atoms with Crippen molar-refractivity contribution in [2.75, 3.05) is 27.4 Å². The van der Waals surface area contributed by atoms with Crippen molar-refractivity contribution in [1.29, 1.82) is 0 Å². The zero-order valence-corrected chi connectivity index (χ0v) is 20.6. The minimum absolute atomic E-state index is 0.0524.